The second-order valence-corrected chi connectivity index (χ2v) is 5.34. The van der Waals surface area contributed by atoms with E-state index >= 15 is 0 Å². The molecule has 1 aromatic rings. The van der Waals surface area contributed by atoms with Crippen LogP contribution in [-0.2, 0) is 17.6 Å². The third-order valence-electron chi connectivity index (χ3n) is 3.91. The Kier molecular flexibility index (Phi) is 5.67. The summed E-state index contributed by atoms with van der Waals surface area (Å²) in [6, 6.07) is 3.69. The predicted octanol–water partition coefficient (Wildman–Crippen LogP) is 1.29. The third-order valence-corrected chi connectivity index (χ3v) is 3.91. The number of fused-ring (bicyclic) bond motifs is 1. The number of aliphatic carboxylic acids is 1. The number of carbonyl (C=O) groups excluding carboxylic acids is 1. The van der Waals surface area contributed by atoms with Crippen LogP contribution in [0.3, 0.4) is 0 Å². The lowest BCUT2D eigenvalue weighted by molar-refractivity contribution is -0.136. The summed E-state index contributed by atoms with van der Waals surface area (Å²) in [6.45, 7) is 1.31. The highest BCUT2D eigenvalue weighted by atomic mass is 16.5. The van der Waals surface area contributed by atoms with Gasteiger partial charge in [-0.25, -0.2) is 4.79 Å². The fourth-order valence-corrected chi connectivity index (χ4v) is 2.64. The summed E-state index contributed by atoms with van der Waals surface area (Å²) >= 11 is 0. The molecule has 0 fully saturated rings. The Morgan fingerprint density at radius 3 is 2.09 bits per heavy atom. The van der Waals surface area contributed by atoms with Gasteiger partial charge in [-0.05, 0) is 36.1 Å². The number of hydrogen-bond donors (Lipinski definition) is 2. The molecule has 0 atom stereocenters. The molecule has 0 saturated heterocycles. The molecular formula is C16H22N2O5. The minimum atomic E-state index is -0.923. The van der Waals surface area contributed by atoms with Gasteiger partial charge in [0, 0.05) is 19.6 Å². The van der Waals surface area contributed by atoms with Gasteiger partial charge in [0.15, 0.2) is 11.5 Å². The van der Waals surface area contributed by atoms with Crippen molar-refractivity contribution in [2.24, 2.45) is 0 Å². The number of rotatable bonds is 5. The Balaban J connectivity index is 2.02. The van der Waals surface area contributed by atoms with Crippen molar-refractivity contribution in [2.45, 2.75) is 19.3 Å². The molecule has 2 rings (SSSR count). The maximum Gasteiger partial charge on any atom is 0.317 e. The van der Waals surface area contributed by atoms with Crippen molar-refractivity contribution in [1.82, 2.24) is 10.2 Å². The van der Waals surface area contributed by atoms with E-state index < -0.39 is 5.97 Å². The Morgan fingerprint density at radius 2 is 1.65 bits per heavy atom. The van der Waals surface area contributed by atoms with Crippen molar-refractivity contribution in [3.8, 4) is 11.5 Å². The molecule has 7 heteroatoms. The van der Waals surface area contributed by atoms with Crippen LogP contribution in [-0.4, -0.2) is 55.9 Å². The zero-order chi connectivity index (χ0) is 16.8. The first-order valence-corrected chi connectivity index (χ1v) is 7.53. The van der Waals surface area contributed by atoms with Crippen LogP contribution >= 0.6 is 0 Å². The molecule has 1 heterocycles. The van der Waals surface area contributed by atoms with Gasteiger partial charge in [0.25, 0.3) is 0 Å². The Hall–Kier alpha value is -2.44. The predicted molar refractivity (Wildman–Crippen MR) is 84.2 cm³/mol. The van der Waals surface area contributed by atoms with Crippen molar-refractivity contribution in [2.75, 3.05) is 33.9 Å². The SMILES string of the molecule is COc1cc2c(cc1OC)CCN(C(=O)NCCC(=O)O)CC2. The van der Waals surface area contributed by atoms with Crippen LogP contribution in [0.25, 0.3) is 0 Å². The van der Waals surface area contributed by atoms with Crippen molar-refractivity contribution in [3.05, 3.63) is 23.3 Å². The fraction of sp³-hybridized carbons (Fsp3) is 0.500. The number of nitrogens with zero attached hydrogens (tertiary/aromatic N) is 1. The van der Waals surface area contributed by atoms with E-state index in [-0.39, 0.29) is 19.0 Å². The molecule has 0 aromatic heterocycles. The van der Waals surface area contributed by atoms with Gasteiger partial charge in [0.2, 0.25) is 0 Å². The molecule has 0 unspecified atom stereocenters. The molecule has 126 valence electrons. The molecule has 0 saturated carbocycles. The van der Waals surface area contributed by atoms with Gasteiger partial charge in [-0.3, -0.25) is 4.79 Å². The zero-order valence-electron chi connectivity index (χ0n) is 13.4. The van der Waals surface area contributed by atoms with Crippen LogP contribution in [0.1, 0.15) is 17.5 Å². The zero-order valence-corrected chi connectivity index (χ0v) is 13.4. The molecule has 0 spiro atoms. The van der Waals surface area contributed by atoms with Crippen LogP contribution in [0, 0.1) is 0 Å². The largest absolute Gasteiger partial charge is 0.493 e. The number of methoxy groups -OCH3 is 2. The molecule has 7 nitrogen and oxygen atoms in total. The molecule has 1 aliphatic rings. The van der Waals surface area contributed by atoms with E-state index in [2.05, 4.69) is 5.32 Å². The number of ether oxygens (including phenoxy) is 2. The lowest BCUT2D eigenvalue weighted by Gasteiger charge is -2.20. The van der Waals surface area contributed by atoms with Gasteiger partial charge < -0.3 is 24.8 Å². The first-order valence-electron chi connectivity index (χ1n) is 7.53. The smallest absolute Gasteiger partial charge is 0.317 e. The van der Waals surface area contributed by atoms with Crippen LogP contribution in [0.4, 0.5) is 4.79 Å². The molecule has 1 aromatic carbocycles. The van der Waals surface area contributed by atoms with E-state index in [1.807, 2.05) is 12.1 Å². The minimum Gasteiger partial charge on any atom is -0.493 e. The standard InChI is InChI=1S/C16H22N2O5/c1-22-13-9-11-4-7-18(16(21)17-6-3-15(19)20)8-5-12(11)10-14(13)23-2/h9-10H,3-8H2,1-2H3,(H,17,21)(H,19,20). The summed E-state index contributed by atoms with van der Waals surface area (Å²) in [7, 11) is 3.20. The molecule has 2 N–H and O–H groups in total. The topological polar surface area (TPSA) is 88.1 Å². The highest BCUT2D eigenvalue weighted by Crippen LogP contribution is 2.32. The molecule has 0 aliphatic carbocycles. The molecule has 1 aliphatic heterocycles. The van der Waals surface area contributed by atoms with Crippen molar-refractivity contribution in [3.63, 3.8) is 0 Å². The van der Waals surface area contributed by atoms with Crippen LogP contribution < -0.4 is 14.8 Å². The normalized spacial score (nSPS) is 13.7. The average Bonchev–Trinajstić information content (AvgIpc) is 2.74. The van der Waals surface area contributed by atoms with Gasteiger partial charge in [-0.15, -0.1) is 0 Å². The highest BCUT2D eigenvalue weighted by molar-refractivity contribution is 5.75. The summed E-state index contributed by atoms with van der Waals surface area (Å²) < 4.78 is 10.6. The lowest BCUT2D eigenvalue weighted by atomic mass is 10.0. The van der Waals surface area contributed by atoms with Crippen LogP contribution in [0.2, 0.25) is 0 Å². The van der Waals surface area contributed by atoms with Gasteiger partial charge >= 0.3 is 12.0 Å². The summed E-state index contributed by atoms with van der Waals surface area (Å²) in [4.78, 5) is 24.3. The Bertz CT molecular complexity index is 553. The quantitative estimate of drug-likeness (QED) is 0.853. The van der Waals surface area contributed by atoms with Crippen molar-refractivity contribution in [1.29, 1.82) is 0 Å². The van der Waals surface area contributed by atoms with Gasteiger partial charge in [-0.1, -0.05) is 0 Å². The highest BCUT2D eigenvalue weighted by Gasteiger charge is 2.20. The molecule has 0 bridgehead atoms. The van der Waals surface area contributed by atoms with E-state index in [9.17, 15) is 9.59 Å². The molecule has 0 radical (unpaired) electrons. The number of carboxylic acid groups (broad SMARTS) is 1. The van der Waals surface area contributed by atoms with E-state index in [1.165, 1.54) is 0 Å². The fourth-order valence-electron chi connectivity index (χ4n) is 2.64. The summed E-state index contributed by atoms with van der Waals surface area (Å²) in [6.07, 6.45) is 1.37. The number of carbonyl (C=O) groups is 2. The molecule has 23 heavy (non-hydrogen) atoms. The average molecular weight is 322 g/mol. The summed E-state index contributed by atoms with van der Waals surface area (Å²) in [5.41, 5.74) is 2.28. The summed E-state index contributed by atoms with van der Waals surface area (Å²) in [5.74, 6) is 0.448. The molecular weight excluding hydrogens is 300 g/mol. The number of benzene rings is 1. The summed E-state index contributed by atoms with van der Waals surface area (Å²) in [5, 5.41) is 11.3. The van der Waals surface area contributed by atoms with Gasteiger partial charge in [0.05, 0.1) is 20.6 Å². The number of amides is 2. The van der Waals surface area contributed by atoms with E-state index in [4.69, 9.17) is 14.6 Å². The first kappa shape index (κ1) is 16.9. The van der Waals surface area contributed by atoms with Crippen molar-refractivity contribution < 1.29 is 24.2 Å². The Labute approximate surface area is 135 Å². The third kappa shape index (κ3) is 4.28. The van der Waals surface area contributed by atoms with Gasteiger partial charge in [0.1, 0.15) is 0 Å². The molecule has 2 amide bonds. The number of carboxylic acids is 1. The second-order valence-electron chi connectivity index (χ2n) is 5.34. The second kappa shape index (κ2) is 7.71. The lowest BCUT2D eigenvalue weighted by Crippen LogP contribution is -2.42. The monoisotopic (exact) mass is 322 g/mol. The number of hydrogen-bond acceptors (Lipinski definition) is 4. The van der Waals surface area contributed by atoms with Crippen LogP contribution in [0.15, 0.2) is 12.1 Å². The maximum atomic E-state index is 12.1. The maximum absolute atomic E-state index is 12.1. The number of nitrogens with one attached hydrogen (secondary N) is 1. The van der Waals surface area contributed by atoms with E-state index in [1.54, 1.807) is 19.1 Å². The first-order chi connectivity index (χ1) is 11.0. The number of urea groups is 1. The van der Waals surface area contributed by atoms with Gasteiger partial charge in [-0.2, -0.15) is 0 Å². The minimum absolute atomic E-state index is 0.0752. The Morgan fingerprint density at radius 1 is 1.13 bits per heavy atom. The van der Waals surface area contributed by atoms with Crippen LogP contribution in [0.5, 0.6) is 11.5 Å². The van der Waals surface area contributed by atoms with E-state index in [0.29, 0.717) is 24.6 Å². The van der Waals surface area contributed by atoms with E-state index in [0.717, 1.165) is 24.0 Å². The van der Waals surface area contributed by atoms with Crippen molar-refractivity contribution >= 4 is 12.0 Å².